The molecular weight excluding hydrogens is 863 g/mol. The van der Waals surface area contributed by atoms with Crippen LogP contribution in [-0.4, -0.2) is 126 Å². The van der Waals surface area contributed by atoms with E-state index in [0.29, 0.717) is 57.9 Å². The van der Waals surface area contributed by atoms with E-state index in [9.17, 15) is 24.0 Å². The van der Waals surface area contributed by atoms with E-state index in [1.807, 2.05) is 39.0 Å². The van der Waals surface area contributed by atoms with Crippen molar-refractivity contribution in [3.63, 3.8) is 0 Å². The third kappa shape index (κ3) is 10.1. The third-order valence-corrected chi connectivity index (χ3v) is 14.1. The first kappa shape index (κ1) is 48.6. The van der Waals surface area contributed by atoms with E-state index in [2.05, 4.69) is 72.1 Å². The van der Waals surface area contributed by atoms with E-state index in [1.54, 1.807) is 25.3 Å². The average molecular weight is 930 g/mol. The van der Waals surface area contributed by atoms with Crippen LogP contribution in [0.3, 0.4) is 0 Å². The summed E-state index contributed by atoms with van der Waals surface area (Å²) in [6.07, 6.45) is 4.98. The van der Waals surface area contributed by atoms with Crippen molar-refractivity contribution in [3.05, 3.63) is 90.3 Å². The van der Waals surface area contributed by atoms with Crippen LogP contribution in [0.5, 0.6) is 0 Å². The zero-order chi connectivity index (χ0) is 48.4. The fourth-order valence-corrected chi connectivity index (χ4v) is 10.4. The summed E-state index contributed by atoms with van der Waals surface area (Å²) in [5, 5.41) is 5.58. The smallest absolute Gasteiger partial charge is 0.324 e. The lowest BCUT2D eigenvalue weighted by molar-refractivity contribution is -0.155. The van der Waals surface area contributed by atoms with Gasteiger partial charge in [0.15, 0.2) is 0 Å². The molecule has 4 amide bonds. The van der Waals surface area contributed by atoms with Crippen molar-refractivity contribution in [1.82, 2.24) is 35.1 Å². The van der Waals surface area contributed by atoms with Crippen LogP contribution in [0.4, 0.5) is 0 Å². The van der Waals surface area contributed by atoms with Crippen LogP contribution in [0.25, 0.3) is 33.3 Å². The Balaban J connectivity index is 1.20. The number of cyclic esters (lactones) is 1. The van der Waals surface area contributed by atoms with Gasteiger partial charge in [0.1, 0.15) is 18.1 Å². The lowest BCUT2D eigenvalue weighted by Crippen LogP contribution is -2.62. The highest BCUT2D eigenvalue weighted by atomic mass is 16.5. The summed E-state index contributed by atoms with van der Waals surface area (Å²) >= 11 is 0. The maximum Gasteiger partial charge on any atom is 0.324 e. The Kier molecular flexibility index (Phi) is 14.5. The number of ether oxygens (including phenoxy) is 3. The van der Waals surface area contributed by atoms with Crippen molar-refractivity contribution in [2.45, 2.75) is 97.5 Å². The zero-order valence-corrected chi connectivity index (χ0v) is 40.6. The van der Waals surface area contributed by atoms with E-state index in [1.165, 1.54) is 16.0 Å². The highest BCUT2D eigenvalue weighted by Crippen LogP contribution is 2.43. The van der Waals surface area contributed by atoms with Crippen molar-refractivity contribution in [2.75, 3.05) is 53.6 Å². The quantitative estimate of drug-likeness (QED) is 0.137. The van der Waals surface area contributed by atoms with Gasteiger partial charge >= 0.3 is 5.97 Å². The summed E-state index contributed by atoms with van der Waals surface area (Å²) < 4.78 is 20.1. The first-order valence-electron chi connectivity index (χ1n) is 24.1. The minimum Gasteiger partial charge on any atom is -0.464 e. The van der Waals surface area contributed by atoms with Crippen LogP contribution >= 0.6 is 0 Å². The van der Waals surface area contributed by atoms with Crippen LogP contribution in [-0.2, 0) is 57.6 Å². The second-order valence-corrected chi connectivity index (χ2v) is 20.2. The lowest BCUT2D eigenvalue weighted by Gasteiger charge is -2.37. The number of likely N-dealkylation sites (N-methyl/N-ethyl adjacent to an activating group) is 1. The summed E-state index contributed by atoms with van der Waals surface area (Å²) in [6, 6.07) is 15.9. The molecule has 0 radical (unpaired) electrons. The van der Waals surface area contributed by atoms with E-state index in [-0.39, 0.29) is 43.4 Å². The number of aromatic nitrogens is 2. The minimum atomic E-state index is -1.06. The predicted octanol–water partition coefficient (Wildman–Crippen LogP) is 5.89. The van der Waals surface area contributed by atoms with E-state index in [0.717, 1.165) is 56.7 Å². The van der Waals surface area contributed by atoms with E-state index >= 15 is 0 Å². The van der Waals surface area contributed by atoms with Gasteiger partial charge in [-0.25, -0.2) is 5.43 Å². The number of hydrazine groups is 1. The molecule has 362 valence electrons. The first-order chi connectivity index (χ1) is 32.6. The molecule has 4 aliphatic rings. The zero-order valence-electron chi connectivity index (χ0n) is 40.6. The van der Waals surface area contributed by atoms with Gasteiger partial charge in [0.25, 0.3) is 5.91 Å². The molecule has 6 heterocycles. The highest BCUT2D eigenvalue weighted by molar-refractivity contribution is 5.96. The maximum atomic E-state index is 14.8. The molecule has 8 rings (SSSR count). The molecule has 1 unspecified atom stereocenters. The van der Waals surface area contributed by atoms with Crippen molar-refractivity contribution in [3.8, 4) is 22.4 Å². The number of methoxy groups -OCH3 is 1. The molecule has 15 heteroatoms. The van der Waals surface area contributed by atoms with E-state index in [4.69, 9.17) is 19.2 Å². The molecule has 0 saturated carbocycles. The molecule has 2 aromatic carbocycles. The van der Waals surface area contributed by atoms with Crippen molar-refractivity contribution in [2.24, 2.45) is 23.2 Å². The molecule has 4 aliphatic heterocycles. The van der Waals surface area contributed by atoms with Gasteiger partial charge in [0.2, 0.25) is 17.7 Å². The van der Waals surface area contributed by atoms with Gasteiger partial charge in [0, 0.05) is 80.8 Å². The largest absolute Gasteiger partial charge is 0.464 e. The molecular formula is C53H67N7O8. The minimum absolute atomic E-state index is 0.127. The fraction of sp³-hybridized carbons (Fsp3) is 0.509. The van der Waals surface area contributed by atoms with Gasteiger partial charge in [0.05, 0.1) is 43.2 Å². The number of rotatable bonds is 11. The third-order valence-electron chi connectivity index (χ3n) is 14.1. The molecule has 6 bridgehead atoms. The number of benzene rings is 2. The van der Waals surface area contributed by atoms with Crippen LogP contribution in [0, 0.1) is 23.2 Å². The number of amides is 4. The van der Waals surface area contributed by atoms with Crippen molar-refractivity contribution >= 4 is 40.5 Å². The summed E-state index contributed by atoms with van der Waals surface area (Å²) in [5.74, 6) is -2.25. The highest BCUT2D eigenvalue weighted by Gasteiger charge is 2.40. The fourth-order valence-electron chi connectivity index (χ4n) is 10.4. The van der Waals surface area contributed by atoms with Gasteiger partial charge in [-0.1, -0.05) is 64.6 Å². The van der Waals surface area contributed by atoms with Crippen LogP contribution < -0.4 is 10.7 Å². The number of nitrogens with zero attached hydrogens (tertiary/aromatic N) is 5. The lowest BCUT2D eigenvalue weighted by atomic mass is 9.84. The number of carbonyl (C=O) groups excluding carboxylic acids is 5. The standard InChI is InChI=1S/C53H67N7O8/c1-9-45(61)58-22-19-38(28-58)50(63)57(7)47(32(2)3)49(62)55-43-24-34-13-10-14-36(23-34)37-17-18-44-40(25-37)41(26-53(5,6)31-68-52(65)42-16-12-21-60(56-42)51(43)64)48(59(44)27-35-29-67-30-35)39-15-11-20-54-46(39)33(4)66-8/h9-11,13-15,17-18,20,23,25,32-33,35,38,42-43,47,56H,1,12,16,19,21-22,24,26-31H2,2-8H3,(H,55,62)/t33-,38-,42-,43-,47?/m0/s1. The molecule has 15 nitrogen and oxygen atoms in total. The summed E-state index contributed by atoms with van der Waals surface area (Å²) in [7, 11) is 3.31. The van der Waals surface area contributed by atoms with Crippen LogP contribution in [0.2, 0.25) is 0 Å². The van der Waals surface area contributed by atoms with Gasteiger partial charge in [-0.05, 0) is 91.1 Å². The molecule has 0 aliphatic carbocycles. The van der Waals surface area contributed by atoms with Gasteiger partial charge in [-0.15, -0.1) is 0 Å². The van der Waals surface area contributed by atoms with Crippen molar-refractivity contribution < 1.29 is 38.2 Å². The van der Waals surface area contributed by atoms with Crippen LogP contribution in [0.15, 0.2) is 73.4 Å². The first-order valence-corrected chi connectivity index (χ1v) is 24.1. The number of pyridine rings is 1. The van der Waals surface area contributed by atoms with Gasteiger partial charge in [-0.2, -0.15) is 0 Å². The molecule has 68 heavy (non-hydrogen) atoms. The predicted molar refractivity (Wildman–Crippen MR) is 259 cm³/mol. The Bertz CT molecular complexity index is 2570. The number of nitrogens with one attached hydrogen (secondary N) is 2. The number of hydrogen-bond acceptors (Lipinski definition) is 10. The Hall–Kier alpha value is -5.90. The molecule has 4 aromatic rings. The van der Waals surface area contributed by atoms with Gasteiger partial charge in [-0.3, -0.25) is 34.0 Å². The van der Waals surface area contributed by atoms with Crippen molar-refractivity contribution in [1.29, 1.82) is 0 Å². The maximum absolute atomic E-state index is 14.8. The molecule has 2 N–H and O–H groups in total. The normalized spacial score (nSPS) is 22.0. The number of esters is 1. The molecule has 0 spiro atoms. The number of hydrogen-bond donors (Lipinski definition) is 2. The Labute approximate surface area is 399 Å². The van der Waals surface area contributed by atoms with Gasteiger partial charge < -0.3 is 33.9 Å². The van der Waals surface area contributed by atoms with Crippen LogP contribution in [0.1, 0.15) is 76.8 Å². The summed E-state index contributed by atoms with van der Waals surface area (Å²) in [6.45, 7) is 16.8. The monoisotopic (exact) mass is 930 g/mol. The molecule has 2 aromatic heterocycles. The SMILES string of the molecule is C=CC(=O)N1CC[C@H](C(=O)N(C)C(C(=O)N[C@H]2Cc3cccc(c3)-c3ccc4c(c3)c(c(-c3cccnc3[C@H](C)OC)n4CC3COC3)CC(C)(C)COC(=O)[C@@H]3CCCN(N3)C2=O)C(C)C)C1. The average Bonchev–Trinajstić information content (AvgIpc) is 3.93. The Morgan fingerprint density at radius 2 is 1.82 bits per heavy atom. The number of carbonyl (C=O) groups is 5. The second kappa shape index (κ2) is 20.4. The number of fused-ring (bicyclic) bond motifs is 6. The number of likely N-dealkylation sites (tertiary alicyclic amines) is 1. The summed E-state index contributed by atoms with van der Waals surface area (Å²) in [4.78, 5) is 77.5. The summed E-state index contributed by atoms with van der Waals surface area (Å²) in [5.41, 5.74) is 10.4. The Morgan fingerprint density at radius 1 is 1.04 bits per heavy atom. The Morgan fingerprint density at radius 3 is 2.54 bits per heavy atom. The molecule has 3 fully saturated rings. The molecule has 5 atom stereocenters. The topological polar surface area (TPSA) is 165 Å². The van der Waals surface area contributed by atoms with E-state index < -0.39 is 47.2 Å². The molecule has 3 saturated heterocycles. The second-order valence-electron chi connectivity index (χ2n) is 20.2.